The molecule has 1 saturated carbocycles. The van der Waals surface area contributed by atoms with Gasteiger partial charge in [0.2, 0.25) is 10.0 Å². The highest BCUT2D eigenvalue weighted by Gasteiger charge is 2.42. The van der Waals surface area contributed by atoms with Crippen molar-refractivity contribution < 1.29 is 8.42 Å². The topological polar surface area (TPSA) is 60.2 Å². The van der Waals surface area contributed by atoms with Crippen LogP contribution >= 0.6 is 0 Å². The summed E-state index contributed by atoms with van der Waals surface area (Å²) in [5, 5.41) is 4.92. The van der Waals surface area contributed by atoms with Gasteiger partial charge in [0, 0.05) is 0 Å². The van der Waals surface area contributed by atoms with Gasteiger partial charge in [0.05, 0.1) is 5.25 Å². The molecule has 0 spiro atoms. The molecule has 0 saturated heterocycles. The molecule has 1 rings (SSSR count). The first-order chi connectivity index (χ1) is 7.20. The first-order valence-electron chi connectivity index (χ1n) is 6.22. The number of hydrogen-bond acceptors (Lipinski definition) is 2. The zero-order chi connectivity index (χ0) is 12.6. The second-order valence-electron chi connectivity index (χ2n) is 5.83. The van der Waals surface area contributed by atoms with Crippen molar-refractivity contribution in [3.63, 3.8) is 0 Å². The number of sulfonamides is 1. The minimum absolute atomic E-state index is 0.307. The Balaban J connectivity index is 2.79. The molecule has 1 aliphatic rings. The van der Waals surface area contributed by atoms with Gasteiger partial charge in [-0.3, -0.25) is 0 Å². The van der Waals surface area contributed by atoms with Crippen LogP contribution in [0.15, 0.2) is 0 Å². The maximum Gasteiger partial charge on any atom is 0.211 e. The molecule has 4 heteroatoms. The van der Waals surface area contributed by atoms with Crippen LogP contribution in [0.1, 0.15) is 53.4 Å². The minimum Gasteiger partial charge on any atom is -0.228 e. The summed E-state index contributed by atoms with van der Waals surface area (Å²) in [7, 11) is -3.33. The number of rotatable bonds is 3. The van der Waals surface area contributed by atoms with E-state index in [9.17, 15) is 8.42 Å². The van der Waals surface area contributed by atoms with Gasteiger partial charge in [-0.2, -0.15) is 0 Å². The third kappa shape index (κ3) is 2.59. The third-order valence-electron chi connectivity index (χ3n) is 4.63. The van der Waals surface area contributed by atoms with Crippen molar-refractivity contribution in [3.8, 4) is 0 Å². The normalized spacial score (nSPS) is 22.9. The lowest BCUT2D eigenvalue weighted by molar-refractivity contribution is 0.0598. The molecule has 0 amide bonds. The van der Waals surface area contributed by atoms with Crippen molar-refractivity contribution in [2.75, 3.05) is 0 Å². The first-order valence-corrected chi connectivity index (χ1v) is 7.82. The predicted octanol–water partition coefficient (Wildman–Crippen LogP) is 2.52. The van der Waals surface area contributed by atoms with E-state index in [-0.39, 0.29) is 5.25 Å². The largest absolute Gasteiger partial charge is 0.228 e. The van der Waals surface area contributed by atoms with Gasteiger partial charge in [0.25, 0.3) is 0 Å². The van der Waals surface area contributed by atoms with Crippen molar-refractivity contribution in [3.05, 3.63) is 0 Å². The van der Waals surface area contributed by atoms with Crippen molar-refractivity contribution in [1.82, 2.24) is 0 Å². The maximum absolute atomic E-state index is 11.3. The van der Waals surface area contributed by atoms with Crippen LogP contribution in [0.4, 0.5) is 0 Å². The first kappa shape index (κ1) is 14.0. The maximum atomic E-state index is 11.3. The Kier molecular flexibility index (Phi) is 4.06. The van der Waals surface area contributed by atoms with E-state index >= 15 is 0 Å². The molecule has 0 aromatic rings. The summed E-state index contributed by atoms with van der Waals surface area (Å²) < 4.78 is 22.6. The smallest absolute Gasteiger partial charge is 0.211 e. The van der Waals surface area contributed by atoms with Crippen LogP contribution < -0.4 is 5.14 Å². The molecule has 0 bridgehead atoms. The average molecular weight is 247 g/mol. The highest BCUT2D eigenvalue weighted by molar-refractivity contribution is 7.89. The molecule has 3 nitrogen and oxygen atoms in total. The molecule has 0 aliphatic heterocycles. The monoisotopic (exact) mass is 247 g/mol. The summed E-state index contributed by atoms with van der Waals surface area (Å²) in [6.07, 6.45) is 3.44. The fourth-order valence-corrected chi connectivity index (χ4v) is 4.17. The van der Waals surface area contributed by atoms with Crippen LogP contribution in [-0.2, 0) is 10.0 Å². The Labute approximate surface area is 99.8 Å². The lowest BCUT2D eigenvalue weighted by atomic mass is 9.61. The zero-order valence-corrected chi connectivity index (χ0v) is 11.7. The van der Waals surface area contributed by atoms with Gasteiger partial charge in [-0.05, 0) is 42.9 Å². The summed E-state index contributed by atoms with van der Waals surface area (Å²) in [5.74, 6) is 1.21. The molecule has 1 fully saturated rings. The van der Waals surface area contributed by atoms with Crippen molar-refractivity contribution in [2.45, 2.75) is 58.6 Å². The molecule has 0 radical (unpaired) electrons. The van der Waals surface area contributed by atoms with E-state index in [1.54, 1.807) is 0 Å². The molecule has 0 aromatic carbocycles. The van der Waals surface area contributed by atoms with Gasteiger partial charge in [-0.15, -0.1) is 0 Å². The van der Waals surface area contributed by atoms with Crippen LogP contribution in [0.2, 0.25) is 0 Å². The van der Waals surface area contributed by atoms with E-state index in [2.05, 4.69) is 27.7 Å². The second kappa shape index (κ2) is 4.65. The molecule has 1 aliphatic carbocycles. The standard InChI is InChI=1S/C12H25NO2S/c1-9(2)12(10(3)4)7-5-11(6-8-12)16(13,14)15/h9-11H,5-8H2,1-4H3,(H2,13,14,15). The molecular formula is C12H25NO2S. The highest BCUT2D eigenvalue weighted by atomic mass is 32.2. The third-order valence-corrected chi connectivity index (χ3v) is 6.03. The van der Waals surface area contributed by atoms with Crippen LogP contribution in [0.3, 0.4) is 0 Å². The highest BCUT2D eigenvalue weighted by Crippen LogP contribution is 2.48. The van der Waals surface area contributed by atoms with Gasteiger partial charge >= 0.3 is 0 Å². The summed E-state index contributed by atoms with van der Waals surface area (Å²) in [5.41, 5.74) is 0.307. The molecule has 0 atom stereocenters. The number of primary sulfonamides is 1. The summed E-state index contributed by atoms with van der Waals surface area (Å²) >= 11 is 0. The Morgan fingerprint density at radius 1 is 1.06 bits per heavy atom. The van der Waals surface area contributed by atoms with Crippen molar-refractivity contribution in [2.24, 2.45) is 22.4 Å². The lowest BCUT2D eigenvalue weighted by Gasteiger charge is -2.46. The molecule has 0 heterocycles. The minimum atomic E-state index is -3.33. The van der Waals surface area contributed by atoms with E-state index in [1.807, 2.05) is 0 Å². The quantitative estimate of drug-likeness (QED) is 0.833. The fraction of sp³-hybridized carbons (Fsp3) is 1.00. The Morgan fingerprint density at radius 3 is 1.69 bits per heavy atom. The Hall–Kier alpha value is -0.0900. The molecule has 96 valence electrons. The molecule has 0 aromatic heterocycles. The summed E-state index contributed by atoms with van der Waals surface area (Å²) in [6, 6.07) is 0. The number of nitrogens with two attached hydrogens (primary N) is 1. The Bertz CT molecular complexity index is 315. The summed E-state index contributed by atoms with van der Waals surface area (Å²) in [4.78, 5) is 0. The molecule has 16 heavy (non-hydrogen) atoms. The van der Waals surface area contributed by atoms with Crippen molar-refractivity contribution in [1.29, 1.82) is 0 Å². The SMILES string of the molecule is CC(C)C1(C(C)C)CCC(S(N)(=O)=O)CC1. The van der Waals surface area contributed by atoms with Crippen LogP contribution in [0.5, 0.6) is 0 Å². The second-order valence-corrected chi connectivity index (χ2v) is 7.68. The van der Waals surface area contributed by atoms with Crippen molar-refractivity contribution >= 4 is 10.0 Å². The molecular weight excluding hydrogens is 222 g/mol. The zero-order valence-electron chi connectivity index (χ0n) is 10.9. The number of hydrogen-bond donors (Lipinski definition) is 1. The van der Waals surface area contributed by atoms with Crippen LogP contribution in [0.25, 0.3) is 0 Å². The average Bonchev–Trinajstić information content (AvgIpc) is 2.15. The van der Waals surface area contributed by atoms with Gasteiger partial charge in [-0.25, -0.2) is 13.6 Å². The predicted molar refractivity (Wildman–Crippen MR) is 67.5 cm³/mol. The van der Waals surface area contributed by atoms with E-state index in [0.717, 1.165) is 25.7 Å². The van der Waals surface area contributed by atoms with Crippen LogP contribution in [0, 0.1) is 17.3 Å². The molecule has 0 unspecified atom stereocenters. The van der Waals surface area contributed by atoms with E-state index in [1.165, 1.54) is 0 Å². The van der Waals surface area contributed by atoms with E-state index in [0.29, 0.717) is 17.3 Å². The fourth-order valence-electron chi connectivity index (χ4n) is 3.28. The Morgan fingerprint density at radius 2 is 1.44 bits per heavy atom. The van der Waals surface area contributed by atoms with Gasteiger partial charge < -0.3 is 0 Å². The van der Waals surface area contributed by atoms with E-state index in [4.69, 9.17) is 5.14 Å². The van der Waals surface area contributed by atoms with Gasteiger partial charge in [-0.1, -0.05) is 27.7 Å². The van der Waals surface area contributed by atoms with Gasteiger partial charge in [0.1, 0.15) is 0 Å². The van der Waals surface area contributed by atoms with E-state index < -0.39 is 10.0 Å². The lowest BCUT2D eigenvalue weighted by Crippen LogP contribution is -2.42. The molecule has 2 N–H and O–H groups in total. The van der Waals surface area contributed by atoms with Crippen LogP contribution in [-0.4, -0.2) is 13.7 Å². The van der Waals surface area contributed by atoms with Gasteiger partial charge in [0.15, 0.2) is 0 Å². The summed E-state index contributed by atoms with van der Waals surface area (Å²) in [6.45, 7) is 8.99.